The van der Waals surface area contributed by atoms with Gasteiger partial charge < -0.3 is 9.64 Å². The molecule has 1 amide bonds. The van der Waals surface area contributed by atoms with E-state index in [0.717, 1.165) is 74.1 Å². The van der Waals surface area contributed by atoms with E-state index >= 15 is 0 Å². The SMILES string of the molecule is CCn1nnc2c(C)c([C@@H](CC(=O)OC)c3ccc4c(c3)CN(C(=O)c3c(C)c(C)cc(C)c3C)CC4)ccc21. The highest BCUT2D eigenvalue weighted by atomic mass is 16.5. The number of rotatable bonds is 6. The van der Waals surface area contributed by atoms with Crippen molar-refractivity contribution in [2.75, 3.05) is 13.7 Å². The lowest BCUT2D eigenvalue weighted by Crippen LogP contribution is -2.37. The summed E-state index contributed by atoms with van der Waals surface area (Å²) in [6.45, 7) is 14.3. The Labute approximate surface area is 236 Å². The van der Waals surface area contributed by atoms with E-state index in [4.69, 9.17) is 4.74 Å². The molecule has 0 spiro atoms. The monoisotopic (exact) mass is 538 g/mol. The molecule has 3 aromatic carbocycles. The smallest absolute Gasteiger partial charge is 0.306 e. The van der Waals surface area contributed by atoms with E-state index in [9.17, 15) is 9.59 Å². The first-order valence-electron chi connectivity index (χ1n) is 14.0. The summed E-state index contributed by atoms with van der Waals surface area (Å²) in [7, 11) is 1.43. The molecular formula is C33H38N4O3. The molecule has 40 heavy (non-hydrogen) atoms. The summed E-state index contributed by atoms with van der Waals surface area (Å²) >= 11 is 0. The molecule has 0 radical (unpaired) electrons. The highest BCUT2D eigenvalue weighted by molar-refractivity contribution is 5.98. The third-order valence-electron chi connectivity index (χ3n) is 8.77. The highest BCUT2D eigenvalue weighted by Gasteiger charge is 2.28. The zero-order valence-corrected chi connectivity index (χ0v) is 24.6. The van der Waals surface area contributed by atoms with Gasteiger partial charge in [-0.3, -0.25) is 9.59 Å². The van der Waals surface area contributed by atoms with Gasteiger partial charge in [0.15, 0.2) is 0 Å². The standard InChI is InChI=1S/C33H38N4O3/c1-8-37-29-12-11-27(23(6)32(29)34-35-37)28(17-30(38)40-7)25-10-9-24-13-14-36(18-26(24)16-25)33(39)31-21(4)19(2)15-20(3)22(31)5/h9-12,15-16,28H,8,13-14,17-18H2,1-7H3/t28-/m0/s1. The number of esters is 1. The maximum absolute atomic E-state index is 13.8. The van der Waals surface area contributed by atoms with Crippen LogP contribution >= 0.6 is 0 Å². The van der Waals surface area contributed by atoms with Crippen molar-refractivity contribution >= 4 is 22.9 Å². The van der Waals surface area contributed by atoms with Crippen molar-refractivity contribution in [3.05, 3.63) is 92.0 Å². The van der Waals surface area contributed by atoms with Crippen LogP contribution in [0.25, 0.3) is 11.0 Å². The Morgan fingerprint density at radius 3 is 2.35 bits per heavy atom. The minimum absolute atomic E-state index is 0.0873. The molecule has 5 rings (SSSR count). The van der Waals surface area contributed by atoms with Gasteiger partial charge in [0.25, 0.3) is 5.91 Å². The van der Waals surface area contributed by atoms with Gasteiger partial charge in [0.05, 0.1) is 19.0 Å². The van der Waals surface area contributed by atoms with Crippen LogP contribution in [0.15, 0.2) is 36.4 Å². The fraction of sp³-hybridized carbons (Fsp3) is 0.394. The van der Waals surface area contributed by atoms with E-state index < -0.39 is 0 Å². The maximum atomic E-state index is 13.8. The number of amides is 1. The largest absolute Gasteiger partial charge is 0.469 e. The lowest BCUT2D eigenvalue weighted by molar-refractivity contribution is -0.140. The molecule has 1 aliphatic heterocycles. The summed E-state index contributed by atoms with van der Waals surface area (Å²) in [5.74, 6) is -0.384. The number of hydrogen-bond donors (Lipinski definition) is 0. The van der Waals surface area contributed by atoms with E-state index in [0.29, 0.717) is 13.1 Å². The number of aryl methyl sites for hydroxylation is 4. The predicted molar refractivity (Wildman–Crippen MR) is 157 cm³/mol. The van der Waals surface area contributed by atoms with Crippen LogP contribution < -0.4 is 0 Å². The number of benzene rings is 3. The van der Waals surface area contributed by atoms with Crippen LogP contribution in [0.2, 0.25) is 0 Å². The van der Waals surface area contributed by atoms with E-state index in [1.807, 2.05) is 43.3 Å². The molecule has 7 heteroatoms. The number of carbonyl (C=O) groups is 2. The van der Waals surface area contributed by atoms with Crippen molar-refractivity contribution in [3.8, 4) is 0 Å². The number of ether oxygens (including phenoxy) is 1. The quantitative estimate of drug-likeness (QED) is 0.286. The second kappa shape index (κ2) is 10.9. The van der Waals surface area contributed by atoms with Gasteiger partial charge in [0.1, 0.15) is 5.52 Å². The molecule has 7 nitrogen and oxygen atoms in total. The molecule has 2 heterocycles. The van der Waals surface area contributed by atoms with Crippen molar-refractivity contribution < 1.29 is 14.3 Å². The van der Waals surface area contributed by atoms with Crippen LogP contribution in [0, 0.1) is 34.6 Å². The number of aromatic nitrogens is 3. The van der Waals surface area contributed by atoms with Crippen LogP contribution in [0.5, 0.6) is 0 Å². The summed E-state index contributed by atoms with van der Waals surface area (Å²) in [5.41, 5.74) is 12.5. The predicted octanol–water partition coefficient (Wildman–Crippen LogP) is 5.89. The molecule has 208 valence electrons. The fourth-order valence-electron chi connectivity index (χ4n) is 6.11. The van der Waals surface area contributed by atoms with Crippen molar-refractivity contribution in [3.63, 3.8) is 0 Å². The van der Waals surface area contributed by atoms with E-state index in [2.05, 4.69) is 54.5 Å². The number of hydrogen-bond acceptors (Lipinski definition) is 5. The number of nitrogens with zero attached hydrogens (tertiary/aromatic N) is 4. The van der Waals surface area contributed by atoms with Crippen molar-refractivity contribution in [2.45, 2.75) is 73.4 Å². The van der Waals surface area contributed by atoms with Crippen molar-refractivity contribution in [1.82, 2.24) is 19.9 Å². The molecule has 0 aliphatic carbocycles. The molecule has 1 aromatic heterocycles. The van der Waals surface area contributed by atoms with E-state index in [1.165, 1.54) is 12.7 Å². The minimum atomic E-state index is -0.267. The molecule has 1 aliphatic rings. The summed E-state index contributed by atoms with van der Waals surface area (Å²) in [4.78, 5) is 28.4. The molecule has 1 atom stereocenters. The summed E-state index contributed by atoms with van der Waals surface area (Å²) < 4.78 is 6.98. The second-order valence-corrected chi connectivity index (χ2v) is 11.0. The Morgan fingerprint density at radius 2 is 1.68 bits per heavy atom. The number of carbonyl (C=O) groups excluding carboxylic acids is 2. The number of fused-ring (bicyclic) bond motifs is 2. The third kappa shape index (κ3) is 4.78. The molecule has 4 aromatic rings. The Hall–Kier alpha value is -4.00. The highest BCUT2D eigenvalue weighted by Crippen LogP contribution is 2.36. The molecule has 0 saturated heterocycles. The average Bonchev–Trinajstić information content (AvgIpc) is 3.38. The van der Waals surface area contributed by atoms with Crippen LogP contribution in [-0.4, -0.2) is 45.4 Å². The topological polar surface area (TPSA) is 77.3 Å². The van der Waals surface area contributed by atoms with Crippen LogP contribution in [0.1, 0.15) is 79.7 Å². The van der Waals surface area contributed by atoms with E-state index in [-0.39, 0.29) is 24.2 Å². The normalized spacial score (nSPS) is 13.8. The number of methoxy groups -OCH3 is 1. The first kappa shape index (κ1) is 27.6. The lowest BCUT2D eigenvalue weighted by Gasteiger charge is -2.31. The summed E-state index contributed by atoms with van der Waals surface area (Å²) in [6.07, 6.45) is 1.02. The lowest BCUT2D eigenvalue weighted by atomic mass is 9.83. The maximum Gasteiger partial charge on any atom is 0.306 e. The Bertz CT molecular complexity index is 1610. The minimum Gasteiger partial charge on any atom is -0.469 e. The van der Waals surface area contributed by atoms with Crippen LogP contribution in [0.4, 0.5) is 0 Å². The zero-order valence-electron chi connectivity index (χ0n) is 24.6. The van der Waals surface area contributed by atoms with Gasteiger partial charge in [-0.2, -0.15) is 0 Å². The van der Waals surface area contributed by atoms with Crippen LogP contribution in [-0.2, 0) is 29.0 Å². The van der Waals surface area contributed by atoms with Gasteiger partial charge >= 0.3 is 5.97 Å². The second-order valence-electron chi connectivity index (χ2n) is 11.0. The van der Waals surface area contributed by atoms with E-state index in [1.54, 1.807) is 0 Å². The molecule has 0 saturated carbocycles. The molecule has 0 unspecified atom stereocenters. The van der Waals surface area contributed by atoms with Crippen molar-refractivity contribution in [2.24, 2.45) is 0 Å². The first-order valence-corrected chi connectivity index (χ1v) is 14.0. The Kier molecular flexibility index (Phi) is 7.49. The third-order valence-corrected chi connectivity index (χ3v) is 8.77. The molecule has 0 bridgehead atoms. The molecular weight excluding hydrogens is 500 g/mol. The molecule has 0 N–H and O–H groups in total. The summed E-state index contributed by atoms with van der Waals surface area (Å²) in [6, 6.07) is 12.7. The zero-order chi connectivity index (χ0) is 28.7. The first-order chi connectivity index (χ1) is 19.1. The van der Waals surface area contributed by atoms with Gasteiger partial charge in [0, 0.05) is 31.1 Å². The molecule has 0 fully saturated rings. The van der Waals surface area contributed by atoms with Gasteiger partial charge in [-0.05, 0) is 104 Å². The fourth-order valence-corrected chi connectivity index (χ4v) is 6.11. The van der Waals surface area contributed by atoms with Crippen molar-refractivity contribution in [1.29, 1.82) is 0 Å². The van der Waals surface area contributed by atoms with Gasteiger partial charge in [-0.1, -0.05) is 35.5 Å². The summed E-state index contributed by atoms with van der Waals surface area (Å²) in [5, 5.41) is 8.73. The van der Waals surface area contributed by atoms with Gasteiger partial charge in [-0.15, -0.1) is 5.10 Å². The Morgan fingerprint density at radius 1 is 0.950 bits per heavy atom. The average molecular weight is 539 g/mol. The Balaban J connectivity index is 1.52. The van der Waals surface area contributed by atoms with Crippen LogP contribution in [0.3, 0.4) is 0 Å². The van der Waals surface area contributed by atoms with Gasteiger partial charge in [0.2, 0.25) is 0 Å². The van der Waals surface area contributed by atoms with Gasteiger partial charge in [-0.25, -0.2) is 4.68 Å².